The Bertz CT molecular complexity index is 1990. The van der Waals surface area contributed by atoms with Gasteiger partial charge in [-0.15, -0.1) is 0 Å². The molecule has 6 rings (SSSR count). The fourth-order valence-corrected chi connectivity index (χ4v) is 6.15. The molecule has 49 heavy (non-hydrogen) atoms. The predicted molar refractivity (Wildman–Crippen MR) is 178 cm³/mol. The van der Waals surface area contributed by atoms with Crippen molar-refractivity contribution >= 4 is 23.5 Å². The average molecular weight is 660 g/mol. The van der Waals surface area contributed by atoms with Crippen LogP contribution in [-0.4, -0.2) is 33.1 Å². The van der Waals surface area contributed by atoms with Crippen molar-refractivity contribution in [1.82, 2.24) is 5.32 Å². The highest BCUT2D eigenvalue weighted by molar-refractivity contribution is 6.06. The number of nitriles is 1. The van der Waals surface area contributed by atoms with Crippen molar-refractivity contribution in [3.05, 3.63) is 124 Å². The summed E-state index contributed by atoms with van der Waals surface area (Å²) in [6.45, 7) is 2.04. The van der Waals surface area contributed by atoms with Crippen LogP contribution in [0.2, 0.25) is 0 Å². The van der Waals surface area contributed by atoms with Crippen molar-refractivity contribution in [2.45, 2.75) is 51.2 Å². The number of rotatable bonds is 10. The van der Waals surface area contributed by atoms with Gasteiger partial charge in [-0.3, -0.25) is 9.59 Å². The second-order valence-corrected chi connectivity index (χ2v) is 11.9. The Hall–Kier alpha value is -6.28. The van der Waals surface area contributed by atoms with Crippen LogP contribution in [0.3, 0.4) is 0 Å². The van der Waals surface area contributed by atoms with E-state index in [1.54, 1.807) is 42.5 Å². The van der Waals surface area contributed by atoms with E-state index in [-0.39, 0.29) is 59.6 Å². The van der Waals surface area contributed by atoms with E-state index in [1.807, 2.05) is 25.1 Å². The lowest BCUT2D eigenvalue weighted by Crippen LogP contribution is -2.33. The molecule has 0 fully saturated rings. The van der Waals surface area contributed by atoms with E-state index in [2.05, 4.69) is 10.6 Å². The molecule has 5 N–H and O–H groups in total. The summed E-state index contributed by atoms with van der Waals surface area (Å²) in [4.78, 5) is 38.4. The van der Waals surface area contributed by atoms with Gasteiger partial charge in [0.2, 0.25) is 5.91 Å². The molecule has 0 saturated carbocycles. The standard InChI is InChI=1S/C38H33N3O8/c1-2-4-32(44)28(20-39)36(46)41-24-10-7-22(8-11-24)5-3-6-35(45)40-21-23-9-14-27-31(17-23)38(49-37(27)47)29-15-12-25(42)18-33(29)48-34-19-26(43)13-16-30(34)38/h7-19,42-44H,2-6,21H2,1H3,(H,40,45)(H,41,46)/b32-28-. The number of nitrogens with zero attached hydrogens (tertiary/aromatic N) is 1. The number of fused-ring (bicyclic) bond motifs is 6. The van der Waals surface area contributed by atoms with E-state index >= 15 is 0 Å². The summed E-state index contributed by atoms with van der Waals surface area (Å²) in [7, 11) is 0. The SMILES string of the molecule is CCC/C(O)=C(\C#N)C(=O)Nc1ccc(CCCC(=O)NCc2ccc3c(c2)C2(OC3=O)c3ccc(O)cc3Oc3cc(O)ccc32)cc1. The summed E-state index contributed by atoms with van der Waals surface area (Å²) in [6.07, 6.45) is 2.31. The summed E-state index contributed by atoms with van der Waals surface area (Å²) in [5.41, 5.74) is 2.44. The minimum absolute atomic E-state index is 0.0353. The number of esters is 1. The van der Waals surface area contributed by atoms with Gasteiger partial charge in [0.05, 0.1) is 5.56 Å². The van der Waals surface area contributed by atoms with E-state index in [0.29, 0.717) is 47.2 Å². The lowest BCUT2D eigenvalue weighted by atomic mass is 9.77. The molecule has 0 bridgehead atoms. The second kappa shape index (κ2) is 13.4. The highest BCUT2D eigenvalue weighted by Gasteiger charge is 2.53. The molecule has 2 heterocycles. The van der Waals surface area contributed by atoms with Gasteiger partial charge in [-0.2, -0.15) is 5.26 Å². The Morgan fingerprint density at radius 2 is 1.51 bits per heavy atom. The van der Waals surface area contributed by atoms with Crippen molar-refractivity contribution in [2.24, 2.45) is 0 Å². The third kappa shape index (κ3) is 6.36. The molecule has 0 saturated heterocycles. The minimum atomic E-state index is -1.39. The fraction of sp³-hybridized carbons (Fsp3) is 0.211. The second-order valence-electron chi connectivity index (χ2n) is 11.9. The lowest BCUT2D eigenvalue weighted by Gasteiger charge is -2.36. The quantitative estimate of drug-likeness (QED) is 0.0559. The first kappa shape index (κ1) is 32.7. The molecule has 0 unspecified atom stereocenters. The Kier molecular flexibility index (Phi) is 8.96. The van der Waals surface area contributed by atoms with Crippen LogP contribution in [0.4, 0.5) is 5.69 Å². The molecule has 0 aromatic heterocycles. The maximum absolute atomic E-state index is 13.2. The Morgan fingerprint density at radius 3 is 2.14 bits per heavy atom. The number of hydrogen-bond donors (Lipinski definition) is 5. The topological polar surface area (TPSA) is 178 Å². The first-order chi connectivity index (χ1) is 23.6. The van der Waals surface area contributed by atoms with Crippen LogP contribution < -0.4 is 15.4 Å². The molecule has 11 heteroatoms. The lowest BCUT2D eigenvalue weighted by molar-refractivity contribution is -0.121. The number of aliphatic hydroxyl groups excluding tert-OH is 1. The van der Waals surface area contributed by atoms with Gasteiger partial charge in [-0.1, -0.05) is 25.1 Å². The number of ether oxygens (including phenoxy) is 2. The zero-order chi connectivity index (χ0) is 34.7. The van der Waals surface area contributed by atoms with E-state index in [9.17, 15) is 35.0 Å². The molecule has 2 amide bonds. The highest BCUT2D eigenvalue weighted by Crippen LogP contribution is 2.57. The van der Waals surface area contributed by atoms with E-state index in [0.717, 1.165) is 11.1 Å². The average Bonchev–Trinajstić information content (AvgIpc) is 3.36. The minimum Gasteiger partial charge on any atom is -0.511 e. The van der Waals surface area contributed by atoms with E-state index in [1.165, 1.54) is 24.3 Å². The van der Waals surface area contributed by atoms with E-state index < -0.39 is 17.5 Å². The number of benzene rings is 4. The van der Waals surface area contributed by atoms with Gasteiger partial charge in [0.15, 0.2) is 11.2 Å². The monoisotopic (exact) mass is 659 g/mol. The number of allylic oxidation sites excluding steroid dienone is 1. The Morgan fingerprint density at radius 1 is 0.857 bits per heavy atom. The zero-order valence-corrected chi connectivity index (χ0v) is 26.6. The van der Waals surface area contributed by atoms with Gasteiger partial charge in [-0.25, -0.2) is 4.79 Å². The van der Waals surface area contributed by atoms with Crippen molar-refractivity contribution in [3.8, 4) is 29.1 Å². The number of carbonyl (C=O) groups is 3. The van der Waals surface area contributed by atoms with Crippen LogP contribution >= 0.6 is 0 Å². The molecular formula is C38H33N3O8. The summed E-state index contributed by atoms with van der Waals surface area (Å²) in [5.74, 6) is -1.09. The summed E-state index contributed by atoms with van der Waals surface area (Å²) < 4.78 is 12.1. The van der Waals surface area contributed by atoms with Gasteiger partial charge in [0.25, 0.3) is 5.91 Å². The van der Waals surface area contributed by atoms with Crippen LogP contribution in [-0.2, 0) is 32.9 Å². The molecule has 248 valence electrons. The maximum Gasteiger partial charge on any atom is 0.340 e. The van der Waals surface area contributed by atoms with Crippen LogP contribution in [0.5, 0.6) is 23.0 Å². The molecule has 0 radical (unpaired) electrons. The number of aromatic hydroxyl groups is 2. The van der Waals surface area contributed by atoms with Crippen molar-refractivity contribution in [3.63, 3.8) is 0 Å². The number of amides is 2. The van der Waals surface area contributed by atoms with Gasteiger partial charge in [-0.05, 0) is 78.9 Å². The van der Waals surface area contributed by atoms with Crippen LogP contribution in [0.25, 0.3) is 0 Å². The first-order valence-corrected chi connectivity index (χ1v) is 15.8. The Labute approximate surface area is 282 Å². The zero-order valence-electron chi connectivity index (χ0n) is 26.6. The molecule has 4 aromatic carbocycles. The predicted octanol–water partition coefficient (Wildman–Crippen LogP) is 6.38. The number of hydrogen-bond acceptors (Lipinski definition) is 9. The number of carbonyl (C=O) groups excluding carboxylic acids is 3. The van der Waals surface area contributed by atoms with Crippen molar-refractivity contribution < 1.29 is 39.2 Å². The molecule has 1 spiro atoms. The number of aryl methyl sites for hydroxylation is 1. The number of anilines is 1. The van der Waals surface area contributed by atoms with E-state index in [4.69, 9.17) is 9.47 Å². The third-order valence-electron chi connectivity index (χ3n) is 8.52. The van der Waals surface area contributed by atoms with Crippen molar-refractivity contribution in [2.75, 3.05) is 5.32 Å². The van der Waals surface area contributed by atoms with Crippen molar-refractivity contribution in [1.29, 1.82) is 5.26 Å². The molecule has 2 aliphatic heterocycles. The largest absolute Gasteiger partial charge is 0.511 e. The smallest absolute Gasteiger partial charge is 0.340 e. The Balaban J connectivity index is 1.10. The van der Waals surface area contributed by atoms with Gasteiger partial charge >= 0.3 is 5.97 Å². The molecular weight excluding hydrogens is 626 g/mol. The molecule has 4 aromatic rings. The van der Waals surface area contributed by atoms with Crippen LogP contribution in [0, 0.1) is 11.3 Å². The summed E-state index contributed by atoms with van der Waals surface area (Å²) in [5, 5.41) is 45.1. The number of phenols is 2. The maximum atomic E-state index is 13.2. The first-order valence-electron chi connectivity index (χ1n) is 15.8. The fourth-order valence-electron chi connectivity index (χ4n) is 6.15. The molecule has 0 atom stereocenters. The number of aliphatic hydroxyl groups is 1. The number of nitrogens with one attached hydrogen (secondary N) is 2. The summed E-state index contributed by atoms with van der Waals surface area (Å²) >= 11 is 0. The van der Waals surface area contributed by atoms with Gasteiger partial charge < -0.3 is 35.4 Å². The van der Waals surface area contributed by atoms with Gasteiger partial charge in [0, 0.05) is 53.9 Å². The molecule has 2 aliphatic rings. The molecule has 0 aliphatic carbocycles. The third-order valence-corrected chi connectivity index (χ3v) is 8.52. The normalized spacial score (nSPS) is 13.9. The highest BCUT2D eigenvalue weighted by atomic mass is 16.6. The molecule has 11 nitrogen and oxygen atoms in total. The van der Waals surface area contributed by atoms with Crippen LogP contribution in [0.15, 0.2) is 90.2 Å². The van der Waals surface area contributed by atoms with Gasteiger partial charge in [0.1, 0.15) is 34.8 Å². The van der Waals surface area contributed by atoms with Crippen LogP contribution in [0.1, 0.15) is 70.8 Å². The summed E-state index contributed by atoms with van der Waals surface area (Å²) in [6, 6.07) is 23.2. The number of phenolic OH excluding ortho intramolecular Hbond substituents is 2.